The molecule has 3 N–H and O–H groups in total. The minimum atomic E-state index is -0.429. The standard InChI is InChI=1S/C20H23N3O3/c1-13-5-4-6-16(12-13)20(26)23-22-19(25)10-9-18(24)21-17-8-7-14(2)11-15(17)3/h4-8,11-12H,9-10H2,1-3H3,(H,21,24)(H,22,25)(H,23,26). The molecular weight excluding hydrogens is 330 g/mol. The van der Waals surface area contributed by atoms with Gasteiger partial charge in [-0.1, -0.05) is 35.4 Å². The van der Waals surface area contributed by atoms with Crippen molar-refractivity contribution in [1.29, 1.82) is 0 Å². The summed E-state index contributed by atoms with van der Waals surface area (Å²) in [5.74, 6) is -1.08. The largest absolute Gasteiger partial charge is 0.326 e. The van der Waals surface area contributed by atoms with Crippen molar-refractivity contribution in [3.8, 4) is 0 Å². The number of nitrogens with one attached hydrogen (secondary N) is 3. The number of hydrazine groups is 1. The number of amides is 3. The third-order valence-electron chi connectivity index (χ3n) is 3.83. The molecule has 2 aromatic carbocycles. The molecule has 0 saturated carbocycles. The smallest absolute Gasteiger partial charge is 0.269 e. The third-order valence-corrected chi connectivity index (χ3v) is 3.83. The zero-order chi connectivity index (χ0) is 19.1. The molecule has 0 radical (unpaired) electrons. The summed E-state index contributed by atoms with van der Waals surface area (Å²) < 4.78 is 0. The molecule has 0 spiro atoms. The van der Waals surface area contributed by atoms with Gasteiger partial charge < -0.3 is 5.32 Å². The Balaban J connectivity index is 1.76. The fourth-order valence-corrected chi connectivity index (χ4v) is 2.44. The van der Waals surface area contributed by atoms with Gasteiger partial charge in [0.1, 0.15) is 0 Å². The molecular formula is C20H23N3O3. The Bertz CT molecular complexity index is 831. The number of aryl methyl sites for hydroxylation is 3. The van der Waals surface area contributed by atoms with E-state index in [1.54, 1.807) is 18.2 Å². The van der Waals surface area contributed by atoms with Crippen molar-refractivity contribution in [1.82, 2.24) is 10.9 Å². The van der Waals surface area contributed by atoms with Gasteiger partial charge in [-0.25, -0.2) is 0 Å². The highest BCUT2D eigenvalue weighted by Gasteiger charge is 2.10. The molecule has 0 fully saturated rings. The van der Waals surface area contributed by atoms with E-state index >= 15 is 0 Å². The van der Waals surface area contributed by atoms with Crippen molar-refractivity contribution in [3.63, 3.8) is 0 Å². The van der Waals surface area contributed by atoms with Crippen molar-refractivity contribution in [2.24, 2.45) is 0 Å². The van der Waals surface area contributed by atoms with Crippen LogP contribution < -0.4 is 16.2 Å². The predicted molar refractivity (Wildman–Crippen MR) is 101 cm³/mol. The van der Waals surface area contributed by atoms with Crippen LogP contribution in [0.2, 0.25) is 0 Å². The van der Waals surface area contributed by atoms with Crippen LogP contribution in [0.5, 0.6) is 0 Å². The van der Waals surface area contributed by atoms with Gasteiger partial charge in [0.15, 0.2) is 0 Å². The van der Waals surface area contributed by atoms with Crippen LogP contribution in [-0.4, -0.2) is 17.7 Å². The summed E-state index contributed by atoms with van der Waals surface area (Å²) in [4.78, 5) is 35.7. The Morgan fingerprint density at radius 2 is 1.50 bits per heavy atom. The van der Waals surface area contributed by atoms with Gasteiger partial charge in [-0.15, -0.1) is 0 Å². The molecule has 0 unspecified atom stereocenters. The highest BCUT2D eigenvalue weighted by atomic mass is 16.2. The van der Waals surface area contributed by atoms with Gasteiger partial charge in [0.25, 0.3) is 5.91 Å². The molecule has 2 aromatic rings. The van der Waals surface area contributed by atoms with Crippen molar-refractivity contribution in [3.05, 3.63) is 64.7 Å². The van der Waals surface area contributed by atoms with Gasteiger partial charge in [0.05, 0.1) is 0 Å². The van der Waals surface area contributed by atoms with Crippen LogP contribution in [-0.2, 0) is 9.59 Å². The Labute approximate surface area is 153 Å². The minimum absolute atomic E-state index is 0.0230. The first-order chi connectivity index (χ1) is 12.3. The van der Waals surface area contributed by atoms with Crippen LogP contribution in [0.1, 0.15) is 39.9 Å². The second kappa shape index (κ2) is 8.80. The maximum Gasteiger partial charge on any atom is 0.269 e. The Kier molecular flexibility index (Phi) is 6.49. The molecule has 0 bridgehead atoms. The maximum absolute atomic E-state index is 12.0. The molecule has 6 nitrogen and oxygen atoms in total. The Hall–Kier alpha value is -3.15. The van der Waals surface area contributed by atoms with Crippen LogP contribution in [0.15, 0.2) is 42.5 Å². The van der Waals surface area contributed by atoms with Crippen LogP contribution in [0.25, 0.3) is 0 Å². The van der Waals surface area contributed by atoms with Gasteiger partial charge in [-0.3, -0.25) is 25.2 Å². The lowest BCUT2D eigenvalue weighted by molar-refractivity contribution is -0.124. The van der Waals surface area contributed by atoms with Crippen molar-refractivity contribution in [2.75, 3.05) is 5.32 Å². The SMILES string of the molecule is Cc1cccc(C(=O)NNC(=O)CCC(=O)Nc2ccc(C)cc2C)c1. The molecule has 3 amide bonds. The lowest BCUT2D eigenvalue weighted by atomic mass is 10.1. The first kappa shape index (κ1) is 19.2. The van der Waals surface area contributed by atoms with E-state index in [9.17, 15) is 14.4 Å². The van der Waals surface area contributed by atoms with Crippen molar-refractivity contribution >= 4 is 23.4 Å². The molecule has 0 aliphatic heterocycles. The van der Waals surface area contributed by atoms with E-state index in [1.807, 2.05) is 45.0 Å². The molecule has 0 aliphatic carbocycles. The first-order valence-electron chi connectivity index (χ1n) is 8.38. The zero-order valence-corrected chi connectivity index (χ0v) is 15.2. The van der Waals surface area contributed by atoms with Gasteiger partial charge in [-0.05, 0) is 44.5 Å². The van der Waals surface area contributed by atoms with Crippen LogP contribution in [0.3, 0.4) is 0 Å². The summed E-state index contributed by atoms with van der Waals surface area (Å²) in [6, 6.07) is 12.8. The van der Waals surface area contributed by atoms with E-state index < -0.39 is 11.8 Å². The summed E-state index contributed by atoms with van der Waals surface area (Å²) in [5.41, 5.74) is 8.88. The van der Waals surface area contributed by atoms with Crippen molar-refractivity contribution < 1.29 is 14.4 Å². The molecule has 6 heteroatoms. The zero-order valence-electron chi connectivity index (χ0n) is 15.2. The predicted octanol–water partition coefficient (Wildman–Crippen LogP) is 2.79. The molecule has 0 heterocycles. The normalized spacial score (nSPS) is 10.1. The molecule has 136 valence electrons. The van der Waals surface area contributed by atoms with Gasteiger partial charge >= 0.3 is 0 Å². The summed E-state index contributed by atoms with van der Waals surface area (Å²) in [6.45, 7) is 5.77. The van der Waals surface area contributed by atoms with Crippen LogP contribution in [0, 0.1) is 20.8 Å². The van der Waals surface area contributed by atoms with E-state index in [4.69, 9.17) is 0 Å². The van der Waals surface area contributed by atoms with E-state index in [0.717, 1.165) is 22.4 Å². The maximum atomic E-state index is 12.0. The highest BCUT2D eigenvalue weighted by molar-refractivity contribution is 5.96. The number of carbonyl (C=O) groups excluding carboxylic acids is 3. The fourth-order valence-electron chi connectivity index (χ4n) is 2.44. The van der Waals surface area contributed by atoms with Gasteiger partial charge in [0.2, 0.25) is 11.8 Å². The van der Waals surface area contributed by atoms with E-state index in [-0.39, 0.29) is 18.7 Å². The van der Waals surface area contributed by atoms with E-state index in [2.05, 4.69) is 16.2 Å². The van der Waals surface area contributed by atoms with E-state index in [1.165, 1.54) is 0 Å². The Morgan fingerprint density at radius 1 is 0.808 bits per heavy atom. The molecule has 0 aromatic heterocycles. The molecule has 2 rings (SSSR count). The van der Waals surface area contributed by atoms with Crippen LogP contribution in [0.4, 0.5) is 5.69 Å². The molecule has 0 atom stereocenters. The number of hydrogen-bond donors (Lipinski definition) is 3. The second-order valence-corrected chi connectivity index (χ2v) is 6.24. The topological polar surface area (TPSA) is 87.3 Å². The lowest BCUT2D eigenvalue weighted by Crippen LogP contribution is -2.41. The number of rotatable bonds is 5. The molecule has 0 saturated heterocycles. The summed E-state index contributed by atoms with van der Waals surface area (Å²) in [6.07, 6.45) is 0.00427. The second-order valence-electron chi connectivity index (χ2n) is 6.24. The third kappa shape index (κ3) is 5.73. The quantitative estimate of drug-likeness (QED) is 0.722. The van der Waals surface area contributed by atoms with Gasteiger partial charge in [0, 0.05) is 24.1 Å². The van der Waals surface area contributed by atoms with Crippen molar-refractivity contribution in [2.45, 2.75) is 33.6 Å². The number of hydrogen-bond acceptors (Lipinski definition) is 3. The lowest BCUT2D eigenvalue weighted by Gasteiger charge is -2.10. The molecule has 0 aliphatic rings. The highest BCUT2D eigenvalue weighted by Crippen LogP contribution is 2.16. The summed E-state index contributed by atoms with van der Waals surface area (Å²) in [5, 5.41) is 2.78. The van der Waals surface area contributed by atoms with E-state index in [0.29, 0.717) is 5.56 Å². The average Bonchev–Trinajstić information content (AvgIpc) is 2.60. The monoisotopic (exact) mass is 353 g/mol. The summed E-state index contributed by atoms with van der Waals surface area (Å²) in [7, 11) is 0. The number of benzene rings is 2. The number of carbonyl (C=O) groups is 3. The number of anilines is 1. The fraction of sp³-hybridized carbons (Fsp3) is 0.250. The van der Waals surface area contributed by atoms with Crippen LogP contribution >= 0.6 is 0 Å². The Morgan fingerprint density at radius 3 is 2.19 bits per heavy atom. The van der Waals surface area contributed by atoms with Gasteiger partial charge in [-0.2, -0.15) is 0 Å². The summed E-state index contributed by atoms with van der Waals surface area (Å²) >= 11 is 0. The first-order valence-corrected chi connectivity index (χ1v) is 8.38. The average molecular weight is 353 g/mol. The molecule has 26 heavy (non-hydrogen) atoms. The minimum Gasteiger partial charge on any atom is -0.326 e.